The molecule has 7 heteroatoms. The van der Waals surface area contributed by atoms with E-state index in [1.165, 1.54) is 0 Å². The van der Waals surface area contributed by atoms with Crippen LogP contribution in [0.25, 0.3) is 11.3 Å². The molecule has 2 aromatic rings. The Labute approximate surface area is 121 Å². The summed E-state index contributed by atoms with van der Waals surface area (Å²) >= 11 is 0. The molecule has 0 aliphatic carbocycles. The van der Waals surface area contributed by atoms with Crippen molar-refractivity contribution in [1.29, 1.82) is 5.26 Å². The first-order chi connectivity index (χ1) is 10.3. The normalized spacial score (nSPS) is 17.5. The molecule has 1 N–H and O–H groups in total. The van der Waals surface area contributed by atoms with E-state index in [0.717, 1.165) is 12.0 Å². The van der Waals surface area contributed by atoms with Crippen molar-refractivity contribution in [3.05, 3.63) is 36.4 Å². The quantitative estimate of drug-likeness (QED) is 0.845. The van der Waals surface area contributed by atoms with Crippen LogP contribution < -0.4 is 5.32 Å². The smallest absolute Gasteiger partial charge is 0.290 e. The summed E-state index contributed by atoms with van der Waals surface area (Å²) in [7, 11) is 0. The fraction of sp³-hybridized carbons (Fsp3) is 0.286. The van der Waals surface area contributed by atoms with E-state index < -0.39 is 0 Å². The average molecular weight is 283 g/mol. The first kappa shape index (κ1) is 13.1. The third kappa shape index (κ3) is 2.84. The Hall–Kier alpha value is -2.88. The Kier molecular flexibility index (Phi) is 3.51. The van der Waals surface area contributed by atoms with Crippen molar-refractivity contribution in [3.8, 4) is 17.5 Å². The van der Waals surface area contributed by atoms with Gasteiger partial charge in [-0.05, 0) is 18.6 Å². The van der Waals surface area contributed by atoms with E-state index in [4.69, 9.17) is 9.78 Å². The molecule has 0 radical (unpaired) electrons. The molecule has 106 valence electrons. The number of aromatic nitrogens is 2. The number of likely N-dealkylation sites (tertiary alicyclic amines) is 1. The molecular formula is C14H13N5O2. The van der Waals surface area contributed by atoms with Crippen LogP contribution in [0, 0.1) is 11.5 Å². The van der Waals surface area contributed by atoms with Gasteiger partial charge in [0.2, 0.25) is 5.76 Å². The second kappa shape index (κ2) is 5.63. The van der Waals surface area contributed by atoms with Crippen molar-refractivity contribution in [3.63, 3.8) is 0 Å². The number of nitrogens with zero attached hydrogens (tertiary/aromatic N) is 4. The lowest BCUT2D eigenvalue weighted by Crippen LogP contribution is -2.36. The van der Waals surface area contributed by atoms with E-state index in [1.54, 1.807) is 29.4 Å². The van der Waals surface area contributed by atoms with Gasteiger partial charge in [0, 0.05) is 43.2 Å². The number of rotatable bonds is 3. The summed E-state index contributed by atoms with van der Waals surface area (Å²) < 4.78 is 5.08. The molecule has 0 spiro atoms. The van der Waals surface area contributed by atoms with Crippen molar-refractivity contribution >= 4 is 5.91 Å². The molecule has 3 heterocycles. The van der Waals surface area contributed by atoms with Gasteiger partial charge in [-0.25, -0.2) is 0 Å². The standard InChI is InChI=1S/C14H13N5O2/c15-9-19-5-3-11(8-19)17-14(20)13-6-12(18-21-13)10-2-1-4-16-7-10/h1-2,4,6-7,11H,3,5,8H2,(H,17,20)/t11-/m1/s1. The van der Waals surface area contributed by atoms with Crippen LogP contribution in [0.2, 0.25) is 0 Å². The zero-order valence-electron chi connectivity index (χ0n) is 11.2. The fourth-order valence-corrected chi connectivity index (χ4v) is 2.26. The second-order valence-electron chi connectivity index (χ2n) is 4.82. The third-order valence-corrected chi connectivity index (χ3v) is 3.36. The number of nitriles is 1. The van der Waals surface area contributed by atoms with Gasteiger partial charge in [-0.3, -0.25) is 9.78 Å². The van der Waals surface area contributed by atoms with Crippen LogP contribution in [0.15, 0.2) is 35.1 Å². The Morgan fingerprint density at radius 1 is 1.57 bits per heavy atom. The summed E-state index contributed by atoms with van der Waals surface area (Å²) in [5, 5.41) is 15.5. The molecule has 1 fully saturated rings. The highest BCUT2D eigenvalue weighted by molar-refractivity contribution is 5.92. The lowest BCUT2D eigenvalue weighted by Gasteiger charge is -2.10. The van der Waals surface area contributed by atoms with Gasteiger partial charge in [-0.15, -0.1) is 0 Å². The lowest BCUT2D eigenvalue weighted by atomic mass is 10.2. The summed E-state index contributed by atoms with van der Waals surface area (Å²) in [5.74, 6) is -0.160. The molecule has 1 atom stereocenters. The molecular weight excluding hydrogens is 270 g/mol. The molecule has 1 aliphatic rings. The molecule has 0 unspecified atom stereocenters. The molecule has 7 nitrogen and oxygen atoms in total. The van der Waals surface area contributed by atoms with Crippen molar-refractivity contribution in [2.75, 3.05) is 13.1 Å². The van der Waals surface area contributed by atoms with Gasteiger partial charge >= 0.3 is 0 Å². The summed E-state index contributed by atoms with van der Waals surface area (Å²) in [6.45, 7) is 1.20. The molecule has 2 aromatic heterocycles. The topological polar surface area (TPSA) is 95.1 Å². The van der Waals surface area contributed by atoms with Gasteiger partial charge in [-0.1, -0.05) is 5.16 Å². The number of hydrogen-bond donors (Lipinski definition) is 1. The highest BCUT2D eigenvalue weighted by Gasteiger charge is 2.25. The average Bonchev–Trinajstić information content (AvgIpc) is 3.17. The van der Waals surface area contributed by atoms with E-state index in [0.29, 0.717) is 18.8 Å². The molecule has 1 saturated heterocycles. The van der Waals surface area contributed by atoms with Gasteiger partial charge in [0.15, 0.2) is 6.19 Å². The summed E-state index contributed by atoms with van der Waals surface area (Å²) in [5.41, 5.74) is 1.36. The first-order valence-electron chi connectivity index (χ1n) is 6.59. The maximum atomic E-state index is 12.1. The zero-order chi connectivity index (χ0) is 14.7. The van der Waals surface area contributed by atoms with Crippen LogP contribution in [-0.4, -0.2) is 40.1 Å². The predicted octanol–water partition coefficient (Wildman–Crippen LogP) is 1.02. The number of amides is 1. The van der Waals surface area contributed by atoms with Crippen molar-refractivity contribution in [1.82, 2.24) is 20.4 Å². The fourth-order valence-electron chi connectivity index (χ4n) is 2.26. The molecule has 1 amide bonds. The third-order valence-electron chi connectivity index (χ3n) is 3.36. The molecule has 0 bridgehead atoms. The number of nitrogens with one attached hydrogen (secondary N) is 1. The second-order valence-corrected chi connectivity index (χ2v) is 4.82. The van der Waals surface area contributed by atoms with E-state index in [-0.39, 0.29) is 17.7 Å². The van der Waals surface area contributed by atoms with Crippen LogP contribution in [0.5, 0.6) is 0 Å². The van der Waals surface area contributed by atoms with Crippen LogP contribution in [0.3, 0.4) is 0 Å². The van der Waals surface area contributed by atoms with Crippen LogP contribution >= 0.6 is 0 Å². The Bertz CT molecular complexity index is 676. The molecule has 1 aliphatic heterocycles. The minimum absolute atomic E-state index is 0.0379. The maximum Gasteiger partial charge on any atom is 0.290 e. The predicted molar refractivity (Wildman–Crippen MR) is 72.8 cm³/mol. The minimum atomic E-state index is -0.317. The lowest BCUT2D eigenvalue weighted by molar-refractivity contribution is 0.0901. The van der Waals surface area contributed by atoms with E-state index in [9.17, 15) is 4.79 Å². The Morgan fingerprint density at radius 3 is 3.19 bits per heavy atom. The maximum absolute atomic E-state index is 12.1. The summed E-state index contributed by atoms with van der Waals surface area (Å²) in [6, 6.07) is 5.18. The molecule has 0 aromatic carbocycles. The van der Waals surface area contributed by atoms with E-state index in [1.807, 2.05) is 6.07 Å². The van der Waals surface area contributed by atoms with Gasteiger partial charge in [-0.2, -0.15) is 5.26 Å². The van der Waals surface area contributed by atoms with Crippen molar-refractivity contribution in [2.45, 2.75) is 12.5 Å². The van der Waals surface area contributed by atoms with Gasteiger partial charge in [0.1, 0.15) is 5.69 Å². The Balaban J connectivity index is 1.67. The molecule has 21 heavy (non-hydrogen) atoms. The Morgan fingerprint density at radius 2 is 2.48 bits per heavy atom. The van der Waals surface area contributed by atoms with Crippen molar-refractivity contribution in [2.24, 2.45) is 0 Å². The largest absolute Gasteiger partial charge is 0.350 e. The van der Waals surface area contributed by atoms with E-state index >= 15 is 0 Å². The highest BCUT2D eigenvalue weighted by Crippen LogP contribution is 2.18. The van der Waals surface area contributed by atoms with Crippen molar-refractivity contribution < 1.29 is 9.32 Å². The number of pyridine rings is 1. The van der Waals surface area contributed by atoms with Crippen LogP contribution in [-0.2, 0) is 0 Å². The summed E-state index contributed by atoms with van der Waals surface area (Å²) in [4.78, 5) is 17.7. The minimum Gasteiger partial charge on any atom is -0.350 e. The monoisotopic (exact) mass is 283 g/mol. The number of hydrogen-bond acceptors (Lipinski definition) is 6. The van der Waals surface area contributed by atoms with Gasteiger partial charge in [0.25, 0.3) is 5.91 Å². The van der Waals surface area contributed by atoms with E-state index in [2.05, 4.69) is 21.7 Å². The van der Waals surface area contributed by atoms with Crippen LogP contribution in [0.4, 0.5) is 0 Å². The van der Waals surface area contributed by atoms with Gasteiger partial charge in [0.05, 0.1) is 0 Å². The first-order valence-corrected chi connectivity index (χ1v) is 6.59. The van der Waals surface area contributed by atoms with Gasteiger partial charge < -0.3 is 14.7 Å². The SMILES string of the molecule is N#CN1CC[C@@H](NC(=O)c2cc(-c3cccnc3)no2)C1. The number of carbonyl (C=O) groups excluding carboxylic acids is 1. The summed E-state index contributed by atoms with van der Waals surface area (Å²) in [6.07, 6.45) is 6.14. The van der Waals surface area contributed by atoms with Crippen LogP contribution in [0.1, 0.15) is 17.0 Å². The highest BCUT2D eigenvalue weighted by atomic mass is 16.5. The zero-order valence-corrected chi connectivity index (χ0v) is 11.2. The molecule has 0 saturated carbocycles. The molecule has 3 rings (SSSR count). The number of carbonyl (C=O) groups is 1.